The topological polar surface area (TPSA) is 58.6 Å². The molecule has 1 amide bonds. The van der Waals surface area contributed by atoms with Gasteiger partial charge < -0.3 is 15.2 Å². The molecule has 0 radical (unpaired) electrons. The molecule has 0 aliphatic carbocycles. The van der Waals surface area contributed by atoms with Crippen LogP contribution in [0.2, 0.25) is 0 Å². The molecule has 1 fully saturated rings. The Balaban J connectivity index is 1.93. The monoisotopic (exact) mass is 267 g/mol. The molecule has 104 valence electrons. The maximum absolute atomic E-state index is 14.6. The molecule has 5 heteroatoms. The summed E-state index contributed by atoms with van der Waals surface area (Å²) in [5.74, 6) is -1.31. The van der Waals surface area contributed by atoms with Crippen LogP contribution in [-0.4, -0.2) is 35.9 Å². The number of aliphatic hydroxyl groups is 1. The highest BCUT2D eigenvalue weighted by atomic mass is 19.1. The van der Waals surface area contributed by atoms with Gasteiger partial charge in [0.1, 0.15) is 0 Å². The van der Waals surface area contributed by atoms with Gasteiger partial charge in [0.15, 0.2) is 0 Å². The Morgan fingerprint density at radius 1 is 1.42 bits per heavy atom. The molecule has 0 aromatic heterocycles. The number of carbonyl (C=O) groups excluding carboxylic acids is 1. The molecule has 1 saturated heterocycles. The van der Waals surface area contributed by atoms with Crippen LogP contribution in [-0.2, 0) is 16.1 Å². The average Bonchev–Trinajstić information content (AvgIpc) is 2.64. The second kappa shape index (κ2) is 5.67. The van der Waals surface area contributed by atoms with Crippen LogP contribution in [0.5, 0.6) is 0 Å². The fraction of sp³-hybridized carbons (Fsp3) is 0.500. The number of amides is 1. The molecule has 3 atom stereocenters. The molecule has 0 bridgehead atoms. The summed E-state index contributed by atoms with van der Waals surface area (Å²) in [6, 6.07) is 8.84. The van der Waals surface area contributed by atoms with Crippen LogP contribution in [0, 0.1) is 5.92 Å². The van der Waals surface area contributed by atoms with E-state index < -0.39 is 23.5 Å². The summed E-state index contributed by atoms with van der Waals surface area (Å²) in [5.41, 5.74) is -1.14. The molecule has 1 aliphatic heterocycles. The van der Waals surface area contributed by atoms with Gasteiger partial charge >= 0.3 is 0 Å². The Morgan fingerprint density at radius 2 is 2.11 bits per heavy atom. The van der Waals surface area contributed by atoms with Crippen molar-refractivity contribution in [2.75, 3.05) is 13.2 Å². The average molecular weight is 267 g/mol. The molecule has 1 aliphatic rings. The lowest BCUT2D eigenvalue weighted by Crippen LogP contribution is -2.41. The summed E-state index contributed by atoms with van der Waals surface area (Å²) in [4.78, 5) is 11.6. The number of rotatable bonds is 5. The predicted octanol–water partition coefficient (Wildman–Crippen LogP) is 1.04. The third-order valence-corrected chi connectivity index (χ3v) is 3.64. The first-order valence-corrected chi connectivity index (χ1v) is 6.30. The first-order valence-electron chi connectivity index (χ1n) is 6.30. The van der Waals surface area contributed by atoms with E-state index in [1.807, 2.05) is 30.3 Å². The van der Waals surface area contributed by atoms with E-state index in [0.717, 1.165) is 5.56 Å². The molecule has 19 heavy (non-hydrogen) atoms. The number of hydrogen-bond donors (Lipinski definition) is 2. The molecular weight excluding hydrogens is 249 g/mol. The van der Waals surface area contributed by atoms with Crippen molar-refractivity contribution in [2.24, 2.45) is 5.92 Å². The van der Waals surface area contributed by atoms with Crippen LogP contribution in [0.25, 0.3) is 0 Å². The second-order valence-corrected chi connectivity index (χ2v) is 4.89. The fourth-order valence-electron chi connectivity index (χ4n) is 2.23. The van der Waals surface area contributed by atoms with Gasteiger partial charge in [-0.15, -0.1) is 0 Å². The fourth-order valence-corrected chi connectivity index (χ4v) is 2.23. The smallest absolute Gasteiger partial charge is 0.260 e. The minimum absolute atomic E-state index is 0.260. The number of hydrogen-bond acceptors (Lipinski definition) is 3. The molecule has 1 aromatic rings. The van der Waals surface area contributed by atoms with Crippen LogP contribution in [0.15, 0.2) is 30.3 Å². The highest BCUT2D eigenvalue weighted by Gasteiger charge is 2.53. The van der Waals surface area contributed by atoms with Crippen LogP contribution in [0.1, 0.15) is 12.5 Å². The lowest BCUT2D eigenvalue weighted by Gasteiger charge is -2.23. The van der Waals surface area contributed by atoms with Gasteiger partial charge in [0.25, 0.3) is 5.91 Å². The Labute approximate surface area is 111 Å². The first-order chi connectivity index (χ1) is 9.08. The van der Waals surface area contributed by atoms with E-state index in [0.29, 0.717) is 0 Å². The van der Waals surface area contributed by atoms with E-state index >= 15 is 0 Å². The van der Waals surface area contributed by atoms with Crippen molar-refractivity contribution < 1.29 is 19.0 Å². The molecule has 1 aromatic carbocycles. The van der Waals surface area contributed by atoms with Crippen molar-refractivity contribution in [3.05, 3.63) is 35.9 Å². The van der Waals surface area contributed by atoms with Gasteiger partial charge in [-0.1, -0.05) is 37.3 Å². The summed E-state index contributed by atoms with van der Waals surface area (Å²) in [7, 11) is 0. The number of benzene rings is 1. The number of halogens is 1. The number of nitrogens with one attached hydrogen (secondary N) is 1. The number of alkyl halides is 1. The second-order valence-electron chi connectivity index (χ2n) is 4.89. The molecule has 0 spiro atoms. The van der Waals surface area contributed by atoms with Gasteiger partial charge in [-0.25, -0.2) is 4.39 Å². The van der Waals surface area contributed by atoms with Crippen LogP contribution < -0.4 is 5.32 Å². The Kier molecular flexibility index (Phi) is 4.17. The summed E-state index contributed by atoms with van der Waals surface area (Å²) in [6.45, 7) is 1.30. The summed E-state index contributed by atoms with van der Waals surface area (Å²) in [6.07, 6.45) is 0. The van der Waals surface area contributed by atoms with E-state index in [2.05, 4.69) is 5.32 Å². The zero-order valence-corrected chi connectivity index (χ0v) is 10.8. The zero-order chi connectivity index (χ0) is 13.9. The van der Waals surface area contributed by atoms with Crippen molar-refractivity contribution in [3.63, 3.8) is 0 Å². The largest absolute Gasteiger partial charge is 0.394 e. The highest BCUT2D eigenvalue weighted by Crippen LogP contribution is 2.32. The number of aliphatic hydroxyl groups excluding tert-OH is 1. The predicted molar refractivity (Wildman–Crippen MR) is 68.1 cm³/mol. The van der Waals surface area contributed by atoms with Crippen molar-refractivity contribution in [1.82, 2.24) is 5.32 Å². The summed E-state index contributed by atoms with van der Waals surface area (Å²) < 4.78 is 19.9. The van der Waals surface area contributed by atoms with Gasteiger partial charge in [0.05, 0.1) is 25.9 Å². The van der Waals surface area contributed by atoms with Crippen molar-refractivity contribution in [1.29, 1.82) is 0 Å². The third kappa shape index (κ3) is 2.77. The first kappa shape index (κ1) is 14.0. The van der Waals surface area contributed by atoms with Gasteiger partial charge in [-0.3, -0.25) is 4.79 Å². The van der Waals surface area contributed by atoms with Crippen LogP contribution in [0.3, 0.4) is 0 Å². The van der Waals surface area contributed by atoms with Crippen LogP contribution >= 0.6 is 0 Å². The van der Waals surface area contributed by atoms with Crippen molar-refractivity contribution >= 4 is 5.91 Å². The number of ether oxygens (including phenoxy) is 1. The quantitative estimate of drug-likeness (QED) is 0.838. The maximum Gasteiger partial charge on any atom is 0.260 e. The standard InChI is InChI=1S/C14H18FNO3/c1-10-12(7-17)16-13(18)14(10,15)9-19-8-11-5-3-2-4-6-11/h2-6,10,12,17H,7-9H2,1H3,(H,16,18)/t10-,12+,14+/m0/s1. The highest BCUT2D eigenvalue weighted by molar-refractivity contribution is 5.88. The molecule has 2 rings (SSSR count). The van der Waals surface area contributed by atoms with Crippen molar-refractivity contribution in [3.8, 4) is 0 Å². The Hall–Kier alpha value is -1.46. The molecule has 2 N–H and O–H groups in total. The SMILES string of the molecule is C[C@H]1[C@@H](CO)NC(=O)[C@@]1(F)COCc1ccccc1. The van der Waals surface area contributed by atoms with Crippen molar-refractivity contribution in [2.45, 2.75) is 25.2 Å². The summed E-state index contributed by atoms with van der Waals surface area (Å²) >= 11 is 0. The molecule has 1 heterocycles. The minimum atomic E-state index is -2.07. The third-order valence-electron chi connectivity index (χ3n) is 3.64. The van der Waals surface area contributed by atoms with E-state index in [1.54, 1.807) is 6.92 Å². The molecule has 4 nitrogen and oxygen atoms in total. The Bertz CT molecular complexity index is 440. The minimum Gasteiger partial charge on any atom is -0.394 e. The van der Waals surface area contributed by atoms with E-state index in [-0.39, 0.29) is 19.8 Å². The number of carbonyl (C=O) groups is 1. The molecule has 0 unspecified atom stereocenters. The molecular formula is C14H18FNO3. The van der Waals surface area contributed by atoms with Gasteiger partial charge in [0, 0.05) is 5.92 Å². The lowest BCUT2D eigenvalue weighted by molar-refractivity contribution is -0.135. The van der Waals surface area contributed by atoms with E-state index in [4.69, 9.17) is 9.84 Å². The normalized spacial score (nSPS) is 30.4. The molecule has 0 saturated carbocycles. The Morgan fingerprint density at radius 3 is 2.68 bits per heavy atom. The van der Waals surface area contributed by atoms with E-state index in [1.165, 1.54) is 0 Å². The van der Waals surface area contributed by atoms with Gasteiger partial charge in [0.2, 0.25) is 5.67 Å². The maximum atomic E-state index is 14.6. The lowest BCUT2D eigenvalue weighted by atomic mass is 9.90. The zero-order valence-electron chi connectivity index (χ0n) is 10.8. The van der Waals surface area contributed by atoms with Gasteiger partial charge in [-0.2, -0.15) is 0 Å². The van der Waals surface area contributed by atoms with Gasteiger partial charge in [-0.05, 0) is 5.56 Å². The van der Waals surface area contributed by atoms with E-state index in [9.17, 15) is 9.18 Å². The van der Waals surface area contributed by atoms with Crippen LogP contribution in [0.4, 0.5) is 4.39 Å². The summed E-state index contributed by atoms with van der Waals surface area (Å²) in [5, 5.41) is 11.5.